The number of carbonyl (C=O) groups excluding carboxylic acids is 3. The average molecular weight is 573 g/mol. The number of hydrogen-bond acceptors (Lipinski definition) is 6. The fourth-order valence-electron chi connectivity index (χ4n) is 7.25. The van der Waals surface area contributed by atoms with Crippen molar-refractivity contribution in [2.24, 2.45) is 35.0 Å². The summed E-state index contributed by atoms with van der Waals surface area (Å²) < 4.78 is 16.0. The minimum Gasteiger partial charge on any atom is -0.497 e. The van der Waals surface area contributed by atoms with Crippen molar-refractivity contribution in [3.05, 3.63) is 76.9 Å². The van der Waals surface area contributed by atoms with Gasteiger partial charge < -0.3 is 14.2 Å². The van der Waals surface area contributed by atoms with Gasteiger partial charge in [-0.15, -0.1) is 0 Å². The predicted molar refractivity (Wildman–Crippen MR) is 165 cm³/mol. The topological polar surface area (TPSA) is 78.9 Å². The summed E-state index contributed by atoms with van der Waals surface area (Å²) in [7, 11) is 3.16. The highest BCUT2D eigenvalue weighted by Crippen LogP contribution is 2.58. The van der Waals surface area contributed by atoms with Crippen LogP contribution in [0, 0.1) is 35.0 Å². The summed E-state index contributed by atoms with van der Waals surface area (Å²) in [6.07, 6.45) is 18.2. The number of ketones is 1. The zero-order chi connectivity index (χ0) is 30.4. The Labute approximate surface area is 250 Å². The molecule has 0 bridgehead atoms. The van der Waals surface area contributed by atoms with Crippen molar-refractivity contribution < 1.29 is 28.6 Å². The first-order chi connectivity index (χ1) is 20.1. The van der Waals surface area contributed by atoms with Crippen molar-refractivity contribution >= 4 is 24.1 Å². The van der Waals surface area contributed by atoms with Crippen molar-refractivity contribution in [2.75, 3.05) is 20.8 Å². The Balaban J connectivity index is 1.34. The van der Waals surface area contributed by atoms with Gasteiger partial charge in [-0.3, -0.25) is 9.59 Å². The molecule has 3 aliphatic rings. The number of hydrogen-bond donors (Lipinski definition) is 0. The van der Waals surface area contributed by atoms with Gasteiger partial charge in [0.2, 0.25) is 0 Å². The van der Waals surface area contributed by atoms with E-state index < -0.39 is 5.97 Å². The number of ether oxygens (including phenoxy) is 3. The lowest BCUT2D eigenvalue weighted by atomic mass is 9.63. The zero-order valence-corrected chi connectivity index (χ0v) is 25.7. The highest BCUT2D eigenvalue weighted by Gasteiger charge is 2.50. The van der Waals surface area contributed by atoms with Gasteiger partial charge in [-0.05, 0) is 104 Å². The molecule has 1 aromatic rings. The zero-order valence-electron chi connectivity index (χ0n) is 25.7. The van der Waals surface area contributed by atoms with Crippen LogP contribution >= 0.6 is 0 Å². The van der Waals surface area contributed by atoms with Crippen LogP contribution in [0.4, 0.5) is 0 Å². The number of methoxy groups -OCH3 is 2. The molecule has 0 radical (unpaired) electrons. The number of carbonyl (C=O) groups is 3. The van der Waals surface area contributed by atoms with E-state index in [4.69, 9.17) is 14.2 Å². The van der Waals surface area contributed by atoms with Crippen LogP contribution in [0.25, 0.3) is 6.08 Å². The first-order valence-electron chi connectivity index (χ1n) is 14.9. The Kier molecular flexibility index (Phi) is 10.1. The van der Waals surface area contributed by atoms with Gasteiger partial charge in [-0.1, -0.05) is 43.7 Å². The van der Waals surface area contributed by atoms with E-state index in [9.17, 15) is 14.4 Å². The maximum absolute atomic E-state index is 12.7. The number of rotatable bonds is 10. The van der Waals surface area contributed by atoms with Crippen LogP contribution in [0.2, 0.25) is 0 Å². The molecule has 0 saturated heterocycles. The molecular formula is C36H44O6. The van der Waals surface area contributed by atoms with Gasteiger partial charge in [-0.25, -0.2) is 4.79 Å². The molecule has 4 rings (SSSR count). The van der Waals surface area contributed by atoms with Gasteiger partial charge in [-0.2, -0.15) is 0 Å². The fraction of sp³-hybridized carbons (Fsp3) is 0.472. The molecular weight excluding hydrogens is 528 g/mol. The van der Waals surface area contributed by atoms with Crippen LogP contribution in [0.5, 0.6) is 11.5 Å². The molecule has 1 saturated carbocycles. The highest BCUT2D eigenvalue weighted by atomic mass is 16.5. The summed E-state index contributed by atoms with van der Waals surface area (Å²) in [5, 5.41) is 0. The summed E-state index contributed by atoms with van der Waals surface area (Å²) in [6.45, 7) is 8.85. The van der Waals surface area contributed by atoms with Crippen molar-refractivity contribution in [1.82, 2.24) is 0 Å². The van der Waals surface area contributed by atoms with E-state index in [0.717, 1.165) is 48.7 Å². The van der Waals surface area contributed by atoms with Gasteiger partial charge in [0, 0.05) is 17.7 Å². The molecule has 6 atom stereocenters. The van der Waals surface area contributed by atoms with E-state index in [1.54, 1.807) is 32.4 Å². The Bertz CT molecular complexity index is 1340. The lowest BCUT2D eigenvalue weighted by Crippen LogP contribution is -2.34. The van der Waals surface area contributed by atoms with Crippen LogP contribution in [-0.4, -0.2) is 38.9 Å². The molecule has 0 heterocycles. The van der Waals surface area contributed by atoms with E-state index >= 15 is 0 Å². The van der Waals surface area contributed by atoms with Crippen LogP contribution in [0.3, 0.4) is 0 Å². The average Bonchev–Trinajstić information content (AvgIpc) is 3.43. The quantitative estimate of drug-likeness (QED) is 0.129. The Morgan fingerprint density at radius 1 is 1.21 bits per heavy atom. The molecule has 1 aromatic carbocycles. The van der Waals surface area contributed by atoms with Crippen LogP contribution in [-0.2, 0) is 19.1 Å². The summed E-state index contributed by atoms with van der Waals surface area (Å²) in [5.74, 6) is 2.11. The van der Waals surface area contributed by atoms with Crippen molar-refractivity contribution in [3.8, 4) is 11.5 Å². The molecule has 224 valence electrons. The van der Waals surface area contributed by atoms with Gasteiger partial charge in [0.05, 0.1) is 20.1 Å². The minimum absolute atomic E-state index is 0.0880. The standard InChI is InChI=1S/C36H44O6/c1-23(22-42-34(39)15-12-26-10-13-28(40-5)19-33(26)41-6)8-7-9-24(2)29-16-17-36(4)20-30-25(3)18-32(38)35(30)27(21-37)11-14-31(29)36/h7-13,15,18-19,21,24,29-31,35H,14,16-17,20,22H2,1-6H3/b9-7-,15-12+,23-8-,27-11-/t24-,29+,30+,31-,35-,36+/m0/s1. The SMILES string of the molecule is COc1ccc(/C=C/C(=O)OC/C(C)=C\C=C/[C@H](C)[C@H]2CC[C@]3(C)C[C@@H]4C(C)=CC(=O)[C@H]4/C(C=O)=C\C[C@@H]23)c(OC)c1. The smallest absolute Gasteiger partial charge is 0.331 e. The molecule has 0 amide bonds. The third-order valence-corrected chi connectivity index (χ3v) is 9.67. The summed E-state index contributed by atoms with van der Waals surface area (Å²) in [5.41, 5.74) is 3.63. The molecule has 0 N–H and O–H groups in total. The second-order valence-corrected chi connectivity index (χ2v) is 12.4. The molecule has 0 aromatic heterocycles. The normalized spacial score (nSPS) is 29.7. The largest absolute Gasteiger partial charge is 0.497 e. The molecule has 1 fully saturated rings. The van der Waals surface area contributed by atoms with Crippen LogP contribution in [0.1, 0.15) is 58.9 Å². The number of aldehydes is 1. The number of fused-ring (bicyclic) bond motifs is 2. The number of esters is 1. The van der Waals surface area contributed by atoms with E-state index in [1.807, 2.05) is 32.1 Å². The lowest BCUT2D eigenvalue weighted by Gasteiger charge is -2.40. The predicted octanol–water partition coefficient (Wildman–Crippen LogP) is 7.11. The molecule has 0 aliphatic heterocycles. The van der Waals surface area contributed by atoms with Gasteiger partial charge in [0.1, 0.15) is 24.4 Å². The summed E-state index contributed by atoms with van der Waals surface area (Å²) in [6, 6.07) is 5.39. The number of benzene rings is 1. The van der Waals surface area contributed by atoms with Gasteiger partial charge >= 0.3 is 5.97 Å². The van der Waals surface area contributed by atoms with Crippen LogP contribution in [0.15, 0.2) is 71.4 Å². The highest BCUT2D eigenvalue weighted by molar-refractivity contribution is 6.01. The second-order valence-electron chi connectivity index (χ2n) is 12.4. The van der Waals surface area contributed by atoms with Crippen molar-refractivity contribution in [2.45, 2.75) is 53.4 Å². The van der Waals surface area contributed by atoms with Gasteiger partial charge in [0.15, 0.2) is 5.78 Å². The first kappa shape index (κ1) is 31.3. The third-order valence-electron chi connectivity index (χ3n) is 9.67. The van der Waals surface area contributed by atoms with Gasteiger partial charge in [0.25, 0.3) is 0 Å². The maximum Gasteiger partial charge on any atom is 0.331 e. The van der Waals surface area contributed by atoms with E-state index in [0.29, 0.717) is 34.8 Å². The second kappa shape index (κ2) is 13.5. The fourth-order valence-corrected chi connectivity index (χ4v) is 7.25. The molecule has 0 unspecified atom stereocenters. The molecule has 0 spiro atoms. The lowest BCUT2D eigenvalue weighted by molar-refractivity contribution is -0.136. The minimum atomic E-state index is -0.425. The molecule has 3 aliphatic carbocycles. The van der Waals surface area contributed by atoms with Crippen LogP contribution < -0.4 is 9.47 Å². The first-order valence-corrected chi connectivity index (χ1v) is 14.9. The Morgan fingerprint density at radius 3 is 2.71 bits per heavy atom. The maximum atomic E-state index is 12.7. The molecule has 6 heteroatoms. The molecule has 42 heavy (non-hydrogen) atoms. The Hall–Kier alpha value is -3.67. The Morgan fingerprint density at radius 2 is 2.00 bits per heavy atom. The third kappa shape index (κ3) is 6.86. The van der Waals surface area contributed by atoms with Crippen molar-refractivity contribution in [3.63, 3.8) is 0 Å². The monoisotopic (exact) mass is 572 g/mol. The number of allylic oxidation sites excluding steroid dienone is 7. The van der Waals surface area contributed by atoms with E-state index in [2.05, 4.69) is 32.1 Å². The summed E-state index contributed by atoms with van der Waals surface area (Å²) in [4.78, 5) is 36.9. The van der Waals surface area contributed by atoms with E-state index in [1.165, 1.54) is 6.08 Å². The summed E-state index contributed by atoms with van der Waals surface area (Å²) >= 11 is 0. The van der Waals surface area contributed by atoms with E-state index in [-0.39, 0.29) is 29.6 Å². The van der Waals surface area contributed by atoms with Crippen molar-refractivity contribution in [1.29, 1.82) is 0 Å². The molecule has 6 nitrogen and oxygen atoms in total.